The molecule has 0 aromatic carbocycles. The van der Waals surface area contributed by atoms with Gasteiger partial charge in [0.25, 0.3) is 0 Å². The third kappa shape index (κ3) is 3.44. The zero-order chi connectivity index (χ0) is 12.0. The zero-order valence-corrected chi connectivity index (χ0v) is 11.2. The van der Waals surface area contributed by atoms with Crippen molar-refractivity contribution in [2.24, 2.45) is 11.1 Å². The molecule has 2 atom stereocenters. The Kier molecular flexibility index (Phi) is 5.73. The summed E-state index contributed by atoms with van der Waals surface area (Å²) < 4.78 is 5.63. The molecule has 96 valence electrons. The average molecular weight is 228 g/mol. The summed E-state index contributed by atoms with van der Waals surface area (Å²) in [6.07, 6.45) is 3.58. The fourth-order valence-electron chi connectivity index (χ4n) is 2.53. The smallest absolute Gasteiger partial charge is 0.0546 e. The second kappa shape index (κ2) is 6.58. The van der Waals surface area contributed by atoms with Crippen LogP contribution in [-0.2, 0) is 4.74 Å². The predicted molar refractivity (Wildman–Crippen MR) is 68.5 cm³/mol. The van der Waals surface area contributed by atoms with E-state index in [0.717, 1.165) is 39.3 Å². The van der Waals surface area contributed by atoms with Crippen LogP contribution in [0.25, 0.3) is 0 Å². The number of rotatable bonds is 6. The summed E-state index contributed by atoms with van der Waals surface area (Å²) in [5, 5.41) is 0. The molecule has 1 aliphatic heterocycles. The van der Waals surface area contributed by atoms with Crippen molar-refractivity contribution in [2.45, 2.75) is 46.1 Å². The Hall–Kier alpha value is -0.120. The lowest BCUT2D eigenvalue weighted by Gasteiger charge is -2.41. The van der Waals surface area contributed by atoms with E-state index in [1.807, 2.05) is 0 Å². The maximum absolute atomic E-state index is 5.98. The standard InChI is InChI=1S/C13H28N2O/c1-4-12(3)15(5-2)10-13(9-14)7-6-8-16-11-13/h12H,4-11,14H2,1-3H3. The number of nitrogens with two attached hydrogens (primary N) is 1. The van der Waals surface area contributed by atoms with Gasteiger partial charge in [-0.05, 0) is 32.7 Å². The van der Waals surface area contributed by atoms with E-state index in [2.05, 4.69) is 25.7 Å². The van der Waals surface area contributed by atoms with Crippen molar-refractivity contribution < 1.29 is 4.74 Å². The molecule has 2 unspecified atom stereocenters. The minimum absolute atomic E-state index is 0.206. The van der Waals surface area contributed by atoms with Gasteiger partial charge in [0.15, 0.2) is 0 Å². The van der Waals surface area contributed by atoms with E-state index in [9.17, 15) is 0 Å². The first-order valence-electron chi connectivity index (χ1n) is 6.69. The maximum Gasteiger partial charge on any atom is 0.0546 e. The molecule has 1 rings (SSSR count). The van der Waals surface area contributed by atoms with Gasteiger partial charge in [-0.1, -0.05) is 13.8 Å². The lowest BCUT2D eigenvalue weighted by molar-refractivity contribution is -0.0269. The van der Waals surface area contributed by atoms with Crippen LogP contribution in [0.15, 0.2) is 0 Å². The van der Waals surface area contributed by atoms with Gasteiger partial charge in [-0.25, -0.2) is 0 Å². The molecule has 0 aliphatic carbocycles. The van der Waals surface area contributed by atoms with Crippen molar-refractivity contribution in [2.75, 3.05) is 32.8 Å². The Morgan fingerprint density at radius 2 is 2.19 bits per heavy atom. The highest BCUT2D eigenvalue weighted by molar-refractivity contribution is 4.87. The van der Waals surface area contributed by atoms with Gasteiger partial charge in [0, 0.05) is 31.2 Å². The monoisotopic (exact) mass is 228 g/mol. The van der Waals surface area contributed by atoms with Crippen molar-refractivity contribution in [1.82, 2.24) is 4.90 Å². The largest absolute Gasteiger partial charge is 0.381 e. The Labute approximate surface area is 100 Å². The molecule has 0 spiro atoms. The third-order valence-corrected chi connectivity index (χ3v) is 4.00. The van der Waals surface area contributed by atoms with Crippen LogP contribution >= 0.6 is 0 Å². The molecule has 3 nitrogen and oxygen atoms in total. The van der Waals surface area contributed by atoms with Gasteiger partial charge in [-0.2, -0.15) is 0 Å². The summed E-state index contributed by atoms with van der Waals surface area (Å²) in [4.78, 5) is 2.54. The summed E-state index contributed by atoms with van der Waals surface area (Å²) in [6.45, 7) is 11.5. The Bertz CT molecular complexity index is 190. The topological polar surface area (TPSA) is 38.5 Å². The predicted octanol–water partition coefficient (Wildman–Crippen LogP) is 1.86. The van der Waals surface area contributed by atoms with Gasteiger partial charge < -0.3 is 15.4 Å². The van der Waals surface area contributed by atoms with Gasteiger partial charge in [-0.15, -0.1) is 0 Å². The molecular weight excluding hydrogens is 200 g/mol. The van der Waals surface area contributed by atoms with Crippen molar-refractivity contribution in [1.29, 1.82) is 0 Å². The number of hydrogen-bond acceptors (Lipinski definition) is 3. The van der Waals surface area contributed by atoms with Gasteiger partial charge >= 0.3 is 0 Å². The summed E-state index contributed by atoms with van der Waals surface area (Å²) in [7, 11) is 0. The van der Waals surface area contributed by atoms with Crippen molar-refractivity contribution in [3.05, 3.63) is 0 Å². The highest BCUT2D eigenvalue weighted by Crippen LogP contribution is 2.29. The van der Waals surface area contributed by atoms with E-state index in [0.29, 0.717) is 6.04 Å². The average Bonchev–Trinajstić information content (AvgIpc) is 2.36. The van der Waals surface area contributed by atoms with Crippen LogP contribution in [0.4, 0.5) is 0 Å². The summed E-state index contributed by atoms with van der Waals surface area (Å²) >= 11 is 0. The number of nitrogens with zero attached hydrogens (tertiary/aromatic N) is 1. The van der Waals surface area contributed by atoms with E-state index in [4.69, 9.17) is 10.5 Å². The molecule has 0 bridgehead atoms. The van der Waals surface area contributed by atoms with Crippen LogP contribution in [0.3, 0.4) is 0 Å². The van der Waals surface area contributed by atoms with E-state index in [-0.39, 0.29) is 5.41 Å². The second-order valence-corrected chi connectivity index (χ2v) is 5.18. The van der Waals surface area contributed by atoms with Crippen LogP contribution < -0.4 is 5.73 Å². The Morgan fingerprint density at radius 3 is 2.62 bits per heavy atom. The lowest BCUT2D eigenvalue weighted by atomic mass is 9.81. The van der Waals surface area contributed by atoms with E-state index >= 15 is 0 Å². The van der Waals surface area contributed by atoms with Gasteiger partial charge in [0.05, 0.1) is 6.61 Å². The highest BCUT2D eigenvalue weighted by atomic mass is 16.5. The normalized spacial score (nSPS) is 28.3. The first kappa shape index (κ1) is 13.9. The molecular formula is C13H28N2O. The molecule has 2 N–H and O–H groups in total. The first-order valence-corrected chi connectivity index (χ1v) is 6.69. The molecule has 1 fully saturated rings. The number of hydrogen-bond donors (Lipinski definition) is 1. The molecule has 0 saturated carbocycles. The molecule has 0 amide bonds. The Morgan fingerprint density at radius 1 is 1.44 bits per heavy atom. The van der Waals surface area contributed by atoms with Crippen LogP contribution in [0.1, 0.15) is 40.0 Å². The van der Waals surface area contributed by atoms with Crippen molar-refractivity contribution >= 4 is 0 Å². The fraction of sp³-hybridized carbons (Fsp3) is 1.00. The molecule has 0 aromatic heterocycles. The van der Waals surface area contributed by atoms with E-state index in [1.54, 1.807) is 0 Å². The van der Waals surface area contributed by atoms with Crippen molar-refractivity contribution in [3.8, 4) is 0 Å². The lowest BCUT2D eigenvalue weighted by Crippen LogP contribution is -2.49. The third-order valence-electron chi connectivity index (χ3n) is 4.00. The molecule has 16 heavy (non-hydrogen) atoms. The minimum atomic E-state index is 0.206. The van der Waals surface area contributed by atoms with Gasteiger partial charge in [-0.3, -0.25) is 0 Å². The molecule has 3 heteroatoms. The molecule has 1 heterocycles. The van der Waals surface area contributed by atoms with Crippen LogP contribution in [0.2, 0.25) is 0 Å². The maximum atomic E-state index is 5.98. The molecule has 1 aliphatic rings. The number of ether oxygens (including phenoxy) is 1. The quantitative estimate of drug-likeness (QED) is 0.754. The van der Waals surface area contributed by atoms with Crippen LogP contribution in [0.5, 0.6) is 0 Å². The SMILES string of the molecule is CCC(C)N(CC)CC1(CN)CCCOC1. The second-order valence-electron chi connectivity index (χ2n) is 5.18. The van der Waals surface area contributed by atoms with Crippen LogP contribution in [0, 0.1) is 5.41 Å². The first-order chi connectivity index (χ1) is 7.67. The van der Waals surface area contributed by atoms with E-state index < -0.39 is 0 Å². The summed E-state index contributed by atoms with van der Waals surface area (Å²) in [5.41, 5.74) is 6.18. The summed E-state index contributed by atoms with van der Waals surface area (Å²) in [5.74, 6) is 0. The minimum Gasteiger partial charge on any atom is -0.381 e. The van der Waals surface area contributed by atoms with Gasteiger partial charge in [0.1, 0.15) is 0 Å². The highest BCUT2D eigenvalue weighted by Gasteiger charge is 2.34. The van der Waals surface area contributed by atoms with Crippen molar-refractivity contribution in [3.63, 3.8) is 0 Å². The van der Waals surface area contributed by atoms with Gasteiger partial charge in [0.2, 0.25) is 0 Å². The molecule has 0 radical (unpaired) electrons. The molecule has 0 aromatic rings. The molecule has 1 saturated heterocycles. The summed E-state index contributed by atoms with van der Waals surface area (Å²) in [6, 6.07) is 0.648. The zero-order valence-electron chi connectivity index (χ0n) is 11.2. The van der Waals surface area contributed by atoms with E-state index in [1.165, 1.54) is 12.8 Å². The Balaban J connectivity index is 2.58. The van der Waals surface area contributed by atoms with Crippen LogP contribution in [-0.4, -0.2) is 43.8 Å². The fourth-order valence-corrected chi connectivity index (χ4v) is 2.53.